The first-order chi connectivity index (χ1) is 11.7. The van der Waals surface area contributed by atoms with Crippen molar-refractivity contribution >= 4 is 35.1 Å². The minimum absolute atomic E-state index is 0.543. The third kappa shape index (κ3) is 3.94. The molecule has 1 fully saturated rings. The zero-order valence-electron chi connectivity index (χ0n) is 13.5. The number of para-hydroxylation sites is 2. The van der Waals surface area contributed by atoms with Gasteiger partial charge in [-0.3, -0.25) is 5.01 Å². The fourth-order valence-corrected chi connectivity index (χ4v) is 2.99. The van der Waals surface area contributed by atoms with Gasteiger partial charge in [-0.15, -0.1) is 0 Å². The predicted molar refractivity (Wildman–Crippen MR) is 101 cm³/mol. The summed E-state index contributed by atoms with van der Waals surface area (Å²) < 4.78 is 5.44. The first-order valence-electron chi connectivity index (χ1n) is 7.79. The van der Waals surface area contributed by atoms with Crippen LogP contribution in [-0.2, 0) is 0 Å². The van der Waals surface area contributed by atoms with Gasteiger partial charge in [0, 0.05) is 13.1 Å². The largest absolute Gasteiger partial charge is 0.495 e. The minimum atomic E-state index is 0.543. The van der Waals surface area contributed by atoms with Crippen LogP contribution in [0.4, 0.5) is 5.69 Å². The quantitative estimate of drug-likeness (QED) is 0.763. The second kappa shape index (κ2) is 7.77. The van der Waals surface area contributed by atoms with Crippen molar-refractivity contribution in [2.45, 2.75) is 0 Å². The number of halogens is 2. The van der Waals surface area contributed by atoms with Gasteiger partial charge in [0.2, 0.25) is 0 Å². The molecule has 0 amide bonds. The van der Waals surface area contributed by atoms with E-state index in [1.807, 2.05) is 36.5 Å². The molecule has 0 spiro atoms. The lowest BCUT2D eigenvalue weighted by Crippen LogP contribution is -2.44. The molecule has 3 rings (SSSR count). The molecule has 2 aromatic carbocycles. The zero-order valence-corrected chi connectivity index (χ0v) is 15.0. The van der Waals surface area contributed by atoms with Crippen LogP contribution in [0.15, 0.2) is 47.6 Å². The summed E-state index contributed by atoms with van der Waals surface area (Å²) in [6.45, 7) is 3.52. The molecular formula is C18H19Cl2N3O. The molecule has 0 bridgehead atoms. The van der Waals surface area contributed by atoms with Gasteiger partial charge < -0.3 is 9.64 Å². The van der Waals surface area contributed by atoms with Gasteiger partial charge in [0.05, 0.1) is 42.1 Å². The van der Waals surface area contributed by atoms with Gasteiger partial charge in [-0.05, 0) is 29.8 Å². The van der Waals surface area contributed by atoms with Crippen molar-refractivity contribution in [3.05, 3.63) is 58.1 Å². The van der Waals surface area contributed by atoms with E-state index < -0.39 is 0 Å². The van der Waals surface area contributed by atoms with Crippen LogP contribution in [0, 0.1) is 0 Å². The van der Waals surface area contributed by atoms with E-state index in [9.17, 15) is 0 Å². The molecule has 0 saturated carbocycles. The zero-order chi connectivity index (χ0) is 16.9. The molecule has 1 aliphatic heterocycles. The second-order valence-corrected chi connectivity index (χ2v) is 6.35. The van der Waals surface area contributed by atoms with Gasteiger partial charge in [0.25, 0.3) is 0 Å². The van der Waals surface area contributed by atoms with E-state index in [0.29, 0.717) is 10.0 Å². The van der Waals surface area contributed by atoms with Crippen molar-refractivity contribution in [3.8, 4) is 5.75 Å². The molecule has 2 aromatic rings. The highest BCUT2D eigenvalue weighted by molar-refractivity contribution is 6.42. The number of rotatable bonds is 4. The molecule has 0 atom stereocenters. The van der Waals surface area contributed by atoms with Crippen molar-refractivity contribution in [1.82, 2.24) is 5.01 Å². The van der Waals surface area contributed by atoms with Gasteiger partial charge in [-0.2, -0.15) is 5.10 Å². The molecule has 126 valence electrons. The highest BCUT2D eigenvalue weighted by Gasteiger charge is 2.18. The molecule has 4 nitrogen and oxygen atoms in total. The van der Waals surface area contributed by atoms with E-state index in [1.54, 1.807) is 13.2 Å². The maximum Gasteiger partial charge on any atom is 0.142 e. The van der Waals surface area contributed by atoms with Crippen molar-refractivity contribution in [3.63, 3.8) is 0 Å². The standard InChI is InChI=1S/C18H19Cl2N3O/c1-24-18-5-3-2-4-17(18)22-8-10-23(11-9-22)21-13-14-6-7-15(19)16(20)12-14/h2-7,12-13H,8-11H2,1H3/b21-13+. The predicted octanol–water partition coefficient (Wildman–Crippen LogP) is 4.16. The van der Waals surface area contributed by atoms with Crippen molar-refractivity contribution in [2.24, 2.45) is 5.10 Å². The van der Waals surface area contributed by atoms with E-state index in [1.165, 1.54) is 0 Å². The smallest absolute Gasteiger partial charge is 0.142 e. The van der Waals surface area contributed by atoms with Crippen LogP contribution in [0.2, 0.25) is 10.0 Å². The monoisotopic (exact) mass is 363 g/mol. The van der Waals surface area contributed by atoms with Gasteiger partial charge in [-0.25, -0.2) is 0 Å². The van der Waals surface area contributed by atoms with Crippen molar-refractivity contribution in [2.75, 3.05) is 38.2 Å². The van der Waals surface area contributed by atoms with Crippen molar-refractivity contribution in [1.29, 1.82) is 0 Å². The summed E-state index contributed by atoms with van der Waals surface area (Å²) in [7, 11) is 1.70. The van der Waals surface area contributed by atoms with Crippen molar-refractivity contribution < 1.29 is 4.74 Å². The molecule has 24 heavy (non-hydrogen) atoms. The lowest BCUT2D eigenvalue weighted by molar-refractivity contribution is 0.271. The van der Waals surface area contributed by atoms with Crippen LogP contribution in [0.1, 0.15) is 5.56 Å². The molecule has 0 unspecified atom stereocenters. The van der Waals surface area contributed by atoms with Gasteiger partial charge in [0.1, 0.15) is 5.75 Å². The molecule has 0 aliphatic carbocycles. The number of methoxy groups -OCH3 is 1. The van der Waals surface area contributed by atoms with Crippen LogP contribution >= 0.6 is 23.2 Å². The molecule has 6 heteroatoms. The number of piperazine rings is 1. The minimum Gasteiger partial charge on any atom is -0.495 e. The van der Waals surface area contributed by atoms with Crippen LogP contribution in [0.3, 0.4) is 0 Å². The summed E-state index contributed by atoms with van der Waals surface area (Å²) >= 11 is 12.0. The first kappa shape index (κ1) is 16.9. The Morgan fingerprint density at radius 2 is 1.75 bits per heavy atom. The van der Waals surface area contributed by atoms with E-state index in [0.717, 1.165) is 43.2 Å². The van der Waals surface area contributed by atoms with E-state index >= 15 is 0 Å². The van der Waals surface area contributed by atoms with E-state index in [4.69, 9.17) is 27.9 Å². The van der Waals surface area contributed by atoms with Gasteiger partial charge >= 0.3 is 0 Å². The number of hydrazone groups is 1. The Balaban J connectivity index is 1.60. The van der Waals surface area contributed by atoms with Crippen LogP contribution in [0.5, 0.6) is 5.75 Å². The molecule has 0 aromatic heterocycles. The molecule has 1 saturated heterocycles. The lowest BCUT2D eigenvalue weighted by Gasteiger charge is -2.35. The average molecular weight is 364 g/mol. The first-order valence-corrected chi connectivity index (χ1v) is 8.55. The molecule has 1 heterocycles. The van der Waals surface area contributed by atoms with E-state index in [-0.39, 0.29) is 0 Å². The third-order valence-corrected chi connectivity index (χ3v) is 4.73. The van der Waals surface area contributed by atoms with Gasteiger partial charge in [0.15, 0.2) is 0 Å². The molecule has 0 radical (unpaired) electrons. The summed E-state index contributed by atoms with van der Waals surface area (Å²) in [6.07, 6.45) is 1.82. The van der Waals surface area contributed by atoms with Crippen LogP contribution < -0.4 is 9.64 Å². The number of nitrogens with zero attached hydrogens (tertiary/aromatic N) is 3. The van der Waals surface area contributed by atoms with Crippen LogP contribution in [0.25, 0.3) is 0 Å². The highest BCUT2D eigenvalue weighted by atomic mass is 35.5. The Morgan fingerprint density at radius 1 is 1.00 bits per heavy atom. The molecule has 1 aliphatic rings. The number of ether oxygens (including phenoxy) is 1. The third-order valence-electron chi connectivity index (χ3n) is 4.00. The Morgan fingerprint density at radius 3 is 2.46 bits per heavy atom. The Labute approximate surface area is 152 Å². The fraction of sp³-hybridized carbons (Fsp3) is 0.278. The second-order valence-electron chi connectivity index (χ2n) is 5.53. The number of anilines is 1. The lowest BCUT2D eigenvalue weighted by atomic mass is 10.2. The van der Waals surface area contributed by atoms with E-state index in [2.05, 4.69) is 21.1 Å². The maximum atomic E-state index is 6.03. The number of benzene rings is 2. The van der Waals surface area contributed by atoms with Crippen LogP contribution in [-0.4, -0.2) is 44.5 Å². The molecular weight excluding hydrogens is 345 g/mol. The SMILES string of the molecule is COc1ccccc1N1CCN(/N=C/c2ccc(Cl)c(Cl)c2)CC1. The summed E-state index contributed by atoms with van der Waals surface area (Å²) in [5, 5.41) is 7.71. The fourth-order valence-electron chi connectivity index (χ4n) is 2.68. The summed E-state index contributed by atoms with van der Waals surface area (Å²) in [6, 6.07) is 13.6. The summed E-state index contributed by atoms with van der Waals surface area (Å²) in [4.78, 5) is 2.32. The number of hydrogen-bond acceptors (Lipinski definition) is 4. The maximum absolute atomic E-state index is 6.03. The Hall–Kier alpha value is -1.91. The molecule has 0 N–H and O–H groups in total. The Bertz CT molecular complexity index is 728. The summed E-state index contributed by atoms with van der Waals surface area (Å²) in [5.41, 5.74) is 2.07. The normalized spacial score (nSPS) is 15.1. The Kier molecular flexibility index (Phi) is 5.48. The highest BCUT2D eigenvalue weighted by Crippen LogP contribution is 2.28. The average Bonchev–Trinajstić information content (AvgIpc) is 2.63. The number of hydrogen-bond donors (Lipinski definition) is 0. The summed E-state index contributed by atoms with van der Waals surface area (Å²) in [5.74, 6) is 0.908. The topological polar surface area (TPSA) is 28.1 Å². The van der Waals surface area contributed by atoms with Gasteiger partial charge in [-0.1, -0.05) is 41.4 Å².